The molecule has 31 heavy (non-hydrogen) atoms. The standard InChI is InChI=1S/C22H19ClF3N3O.ClH/c1-11-17(29-20(30-11)21(2,3)4)19-27-16-10-12(9-15(23)18(16)28-19)13-7-5-6-8-14(13)22(24,25)26;/h5-10H,1-4H3,(H,27,28);1H. The largest absolute Gasteiger partial charge is 0.445 e. The van der Waals surface area contributed by atoms with Gasteiger partial charge in [0.2, 0.25) is 0 Å². The molecule has 2 aromatic carbocycles. The molecule has 4 rings (SSSR count). The minimum absolute atomic E-state index is 0. The van der Waals surface area contributed by atoms with Crippen molar-refractivity contribution < 1.29 is 17.6 Å². The van der Waals surface area contributed by atoms with E-state index in [4.69, 9.17) is 16.0 Å². The SMILES string of the molecule is Cc1oc(C(C)(C)C)nc1-c1nc2c(Cl)cc(-c3ccccc3C(F)(F)F)cc2[nH]1.Cl. The molecule has 164 valence electrons. The van der Waals surface area contributed by atoms with E-state index in [0.717, 1.165) is 6.07 Å². The summed E-state index contributed by atoms with van der Waals surface area (Å²) in [6.07, 6.45) is -4.47. The van der Waals surface area contributed by atoms with Gasteiger partial charge in [0.05, 0.1) is 16.1 Å². The average molecular weight is 470 g/mol. The van der Waals surface area contributed by atoms with Crippen LogP contribution in [0.25, 0.3) is 33.7 Å². The minimum atomic E-state index is -4.47. The number of oxazole rings is 1. The Morgan fingerprint density at radius 1 is 1.03 bits per heavy atom. The second kappa shape index (κ2) is 7.88. The van der Waals surface area contributed by atoms with Crippen molar-refractivity contribution in [3.05, 3.63) is 58.6 Å². The third-order valence-corrected chi connectivity index (χ3v) is 5.03. The Kier molecular flexibility index (Phi) is 5.88. The van der Waals surface area contributed by atoms with Crippen LogP contribution in [0.5, 0.6) is 0 Å². The zero-order valence-electron chi connectivity index (χ0n) is 17.2. The first kappa shape index (κ1) is 23.2. The quantitative estimate of drug-likeness (QED) is 0.329. The van der Waals surface area contributed by atoms with Crippen LogP contribution in [-0.4, -0.2) is 15.0 Å². The highest BCUT2D eigenvalue weighted by Crippen LogP contribution is 2.39. The molecule has 1 N–H and O–H groups in total. The van der Waals surface area contributed by atoms with Gasteiger partial charge in [0.25, 0.3) is 0 Å². The number of nitrogens with one attached hydrogen (secondary N) is 1. The fraction of sp³-hybridized carbons (Fsp3) is 0.273. The van der Waals surface area contributed by atoms with E-state index in [0.29, 0.717) is 39.8 Å². The van der Waals surface area contributed by atoms with E-state index in [9.17, 15) is 13.2 Å². The summed E-state index contributed by atoms with van der Waals surface area (Å²) in [7, 11) is 0. The van der Waals surface area contributed by atoms with Crippen molar-refractivity contribution in [3.8, 4) is 22.6 Å². The monoisotopic (exact) mass is 469 g/mol. The summed E-state index contributed by atoms with van der Waals surface area (Å²) in [5, 5.41) is 0.249. The number of hydrogen-bond donors (Lipinski definition) is 1. The van der Waals surface area contributed by atoms with Crippen LogP contribution in [0, 0.1) is 6.92 Å². The third kappa shape index (κ3) is 4.29. The van der Waals surface area contributed by atoms with E-state index >= 15 is 0 Å². The van der Waals surface area contributed by atoms with Crippen molar-refractivity contribution in [1.82, 2.24) is 15.0 Å². The van der Waals surface area contributed by atoms with Gasteiger partial charge in [-0.1, -0.05) is 50.6 Å². The van der Waals surface area contributed by atoms with E-state index in [2.05, 4.69) is 15.0 Å². The summed E-state index contributed by atoms with van der Waals surface area (Å²) in [5.41, 5.74) is 0.928. The number of nitrogens with zero attached hydrogens (tertiary/aromatic N) is 2. The van der Waals surface area contributed by atoms with Gasteiger partial charge < -0.3 is 9.40 Å². The van der Waals surface area contributed by atoms with Crippen LogP contribution >= 0.6 is 24.0 Å². The average Bonchev–Trinajstić information content (AvgIpc) is 3.24. The molecule has 2 heterocycles. The van der Waals surface area contributed by atoms with Crippen molar-refractivity contribution >= 4 is 35.0 Å². The summed E-state index contributed by atoms with van der Waals surface area (Å²) in [6, 6.07) is 8.51. The zero-order valence-corrected chi connectivity index (χ0v) is 18.8. The molecule has 0 unspecified atom stereocenters. The molecule has 0 radical (unpaired) electrons. The summed E-state index contributed by atoms with van der Waals surface area (Å²) in [5.74, 6) is 1.61. The van der Waals surface area contributed by atoms with Crippen LogP contribution < -0.4 is 0 Å². The molecule has 9 heteroatoms. The number of alkyl halides is 3. The van der Waals surface area contributed by atoms with E-state index in [1.54, 1.807) is 19.1 Å². The van der Waals surface area contributed by atoms with Gasteiger partial charge in [-0.2, -0.15) is 13.2 Å². The highest BCUT2D eigenvalue weighted by molar-refractivity contribution is 6.35. The number of rotatable bonds is 2. The van der Waals surface area contributed by atoms with Crippen LogP contribution in [0.3, 0.4) is 0 Å². The first-order chi connectivity index (χ1) is 13.9. The predicted molar refractivity (Wildman–Crippen MR) is 118 cm³/mol. The lowest BCUT2D eigenvalue weighted by Gasteiger charge is -2.13. The van der Waals surface area contributed by atoms with E-state index in [1.807, 2.05) is 20.8 Å². The molecule has 4 aromatic rings. The third-order valence-electron chi connectivity index (χ3n) is 4.75. The molecule has 4 nitrogen and oxygen atoms in total. The predicted octanol–water partition coefficient (Wildman–Crippen LogP) is 7.58. The number of H-pyrrole nitrogens is 1. The molecular formula is C22H20Cl2F3N3O. The highest BCUT2D eigenvalue weighted by Gasteiger charge is 2.33. The lowest BCUT2D eigenvalue weighted by atomic mass is 9.97. The number of aromatic amines is 1. The zero-order chi connectivity index (χ0) is 21.8. The van der Waals surface area contributed by atoms with Gasteiger partial charge in [-0.15, -0.1) is 12.4 Å². The number of aryl methyl sites for hydroxylation is 1. The Bertz CT molecular complexity index is 1250. The molecule has 0 amide bonds. The molecular weight excluding hydrogens is 450 g/mol. The second-order valence-corrected chi connectivity index (χ2v) is 8.56. The van der Waals surface area contributed by atoms with Crippen LogP contribution in [0.15, 0.2) is 40.8 Å². The molecule has 0 spiro atoms. The number of halogens is 5. The lowest BCUT2D eigenvalue weighted by molar-refractivity contribution is -0.137. The van der Waals surface area contributed by atoms with Crippen molar-refractivity contribution in [2.45, 2.75) is 39.3 Å². The van der Waals surface area contributed by atoms with Crippen molar-refractivity contribution in [2.24, 2.45) is 0 Å². The smallest absolute Gasteiger partial charge is 0.417 e. The number of benzene rings is 2. The maximum absolute atomic E-state index is 13.4. The summed E-state index contributed by atoms with van der Waals surface area (Å²) >= 11 is 6.39. The van der Waals surface area contributed by atoms with Gasteiger partial charge in [0.1, 0.15) is 17.0 Å². The lowest BCUT2D eigenvalue weighted by Crippen LogP contribution is -2.11. The first-order valence-electron chi connectivity index (χ1n) is 9.29. The fourth-order valence-corrected chi connectivity index (χ4v) is 3.52. The summed E-state index contributed by atoms with van der Waals surface area (Å²) < 4.78 is 46.1. The number of fused-ring (bicyclic) bond motifs is 1. The Balaban J connectivity index is 0.00000272. The molecule has 0 bridgehead atoms. The highest BCUT2D eigenvalue weighted by atomic mass is 35.5. The topological polar surface area (TPSA) is 54.7 Å². The molecule has 0 aliphatic heterocycles. The molecule has 0 fully saturated rings. The molecule has 0 saturated heterocycles. The number of imidazole rings is 1. The molecule has 2 aromatic heterocycles. The molecule has 0 aliphatic rings. The second-order valence-electron chi connectivity index (χ2n) is 8.16. The van der Waals surface area contributed by atoms with E-state index < -0.39 is 11.7 Å². The van der Waals surface area contributed by atoms with Gasteiger partial charge in [0.15, 0.2) is 11.7 Å². The Morgan fingerprint density at radius 3 is 2.32 bits per heavy atom. The molecule has 0 aliphatic carbocycles. The van der Waals surface area contributed by atoms with Gasteiger partial charge >= 0.3 is 6.18 Å². The fourth-order valence-electron chi connectivity index (χ4n) is 3.26. The van der Waals surface area contributed by atoms with Crippen LogP contribution in [-0.2, 0) is 11.6 Å². The van der Waals surface area contributed by atoms with Crippen LogP contribution in [0.4, 0.5) is 13.2 Å². The van der Waals surface area contributed by atoms with Crippen molar-refractivity contribution in [3.63, 3.8) is 0 Å². The van der Waals surface area contributed by atoms with Gasteiger partial charge in [-0.25, -0.2) is 9.97 Å². The van der Waals surface area contributed by atoms with E-state index in [1.165, 1.54) is 18.2 Å². The van der Waals surface area contributed by atoms with E-state index in [-0.39, 0.29) is 28.4 Å². The minimum Gasteiger partial charge on any atom is -0.445 e. The van der Waals surface area contributed by atoms with Gasteiger partial charge in [-0.05, 0) is 36.2 Å². The van der Waals surface area contributed by atoms with Crippen molar-refractivity contribution in [1.29, 1.82) is 0 Å². The van der Waals surface area contributed by atoms with Crippen LogP contribution in [0.2, 0.25) is 5.02 Å². The van der Waals surface area contributed by atoms with Gasteiger partial charge in [0, 0.05) is 5.41 Å². The Hall–Kier alpha value is -2.51. The van der Waals surface area contributed by atoms with Crippen LogP contribution in [0.1, 0.15) is 38.0 Å². The van der Waals surface area contributed by atoms with Crippen molar-refractivity contribution in [2.75, 3.05) is 0 Å². The number of hydrogen-bond acceptors (Lipinski definition) is 3. The Labute approximate surface area is 188 Å². The first-order valence-corrected chi connectivity index (χ1v) is 9.67. The maximum atomic E-state index is 13.4. The Morgan fingerprint density at radius 2 is 1.71 bits per heavy atom. The summed E-state index contributed by atoms with van der Waals surface area (Å²) in [4.78, 5) is 12.2. The maximum Gasteiger partial charge on any atom is 0.417 e. The molecule has 0 atom stereocenters. The van der Waals surface area contributed by atoms with Gasteiger partial charge in [-0.3, -0.25) is 0 Å². The summed E-state index contributed by atoms with van der Waals surface area (Å²) in [6.45, 7) is 7.75. The number of aromatic nitrogens is 3. The molecule has 0 saturated carbocycles. The normalized spacial score (nSPS) is 12.3.